The molecule has 0 aromatic heterocycles. The van der Waals surface area contributed by atoms with E-state index in [9.17, 15) is 17.6 Å². The van der Waals surface area contributed by atoms with Gasteiger partial charge in [-0.05, 0) is 0 Å². The molecule has 0 bridgehead atoms. The van der Waals surface area contributed by atoms with Gasteiger partial charge >= 0.3 is 21.7 Å². The van der Waals surface area contributed by atoms with Crippen LogP contribution in [-0.2, 0) is 21.7 Å². The third kappa shape index (κ3) is 8.48. The quantitative estimate of drug-likeness (QED) is 0.282. The van der Waals surface area contributed by atoms with Crippen molar-refractivity contribution in [1.82, 2.24) is 0 Å². The summed E-state index contributed by atoms with van der Waals surface area (Å²) >= 11 is 0. The first-order chi connectivity index (χ1) is 9.61. The van der Waals surface area contributed by atoms with E-state index in [2.05, 4.69) is 24.3 Å². The number of halogens is 4. The molecule has 0 saturated heterocycles. The van der Waals surface area contributed by atoms with Gasteiger partial charge in [-0.2, -0.15) is 12.2 Å². The number of benzene rings is 1. The van der Waals surface area contributed by atoms with Gasteiger partial charge in [0.15, 0.2) is 0 Å². The molecule has 2 aliphatic carbocycles. The van der Waals surface area contributed by atoms with Gasteiger partial charge in [-0.3, -0.25) is 20.9 Å². The van der Waals surface area contributed by atoms with E-state index in [0.717, 1.165) is 12.8 Å². The normalized spacial score (nSPS) is 13.1. The monoisotopic (exact) mass is 327 g/mol. The largest absolute Gasteiger partial charge is 3.00 e. The average Bonchev–Trinajstić information content (AvgIpc) is 3.14. The van der Waals surface area contributed by atoms with Gasteiger partial charge in [0.2, 0.25) is 0 Å². The van der Waals surface area contributed by atoms with Gasteiger partial charge in [0, 0.05) is 23.3 Å². The minimum Gasteiger partial charge on any atom is -0.281 e. The minimum absolute atomic E-state index is 0. The Bertz CT molecular complexity index is 453. The van der Waals surface area contributed by atoms with E-state index in [-0.39, 0.29) is 27.8 Å². The molecule has 0 spiro atoms. The predicted octanol–water partition coefficient (Wildman–Crippen LogP) is 4.65. The summed E-state index contributed by atoms with van der Waals surface area (Å²) in [5.74, 6) is -5.92. The van der Waals surface area contributed by atoms with Crippen LogP contribution in [-0.4, -0.2) is 0 Å². The summed E-state index contributed by atoms with van der Waals surface area (Å²) in [7, 11) is 0. The number of allylic oxidation sites excluding steroid dienone is 8. The van der Waals surface area contributed by atoms with Crippen LogP contribution >= 0.6 is 0 Å². The second kappa shape index (κ2) is 11.3. The zero-order valence-corrected chi connectivity index (χ0v) is 12.5. The SMILES string of the molecule is Fc1[c-]c(F)c(F)cc1F.[C-]1=CC=CC1.[C-]1=CC=CC1.[Ti+3]. The summed E-state index contributed by atoms with van der Waals surface area (Å²) in [5.41, 5.74) is 0. The van der Waals surface area contributed by atoms with Crippen LogP contribution in [0.15, 0.2) is 42.5 Å². The molecule has 0 aliphatic heterocycles. The zero-order valence-electron chi connectivity index (χ0n) is 11.0. The summed E-state index contributed by atoms with van der Waals surface area (Å²) in [6.07, 6.45) is 20.0. The first-order valence-electron chi connectivity index (χ1n) is 5.77. The summed E-state index contributed by atoms with van der Waals surface area (Å²) in [6, 6.07) is 1.35. The molecule has 0 N–H and O–H groups in total. The van der Waals surface area contributed by atoms with Crippen LogP contribution in [0.5, 0.6) is 0 Å². The molecule has 3 rings (SSSR count). The molecule has 0 fully saturated rings. The van der Waals surface area contributed by atoms with Gasteiger partial charge in [0.25, 0.3) is 0 Å². The summed E-state index contributed by atoms with van der Waals surface area (Å²) in [6.45, 7) is 0. The van der Waals surface area contributed by atoms with E-state index in [0.29, 0.717) is 0 Å². The van der Waals surface area contributed by atoms with Crippen molar-refractivity contribution < 1.29 is 39.3 Å². The maximum absolute atomic E-state index is 11.9. The number of rotatable bonds is 0. The zero-order chi connectivity index (χ0) is 14.8. The van der Waals surface area contributed by atoms with Crippen LogP contribution in [0.25, 0.3) is 0 Å². The Kier molecular flexibility index (Phi) is 10.5. The third-order valence-corrected chi connectivity index (χ3v) is 2.06. The van der Waals surface area contributed by atoms with Crippen LogP contribution in [0.2, 0.25) is 0 Å². The van der Waals surface area contributed by atoms with Crippen molar-refractivity contribution in [2.45, 2.75) is 12.8 Å². The van der Waals surface area contributed by atoms with Crippen LogP contribution < -0.4 is 0 Å². The van der Waals surface area contributed by atoms with Crippen molar-refractivity contribution in [3.8, 4) is 0 Å². The van der Waals surface area contributed by atoms with Gasteiger partial charge in [0.05, 0.1) is 0 Å². The molecular weight excluding hydrogens is 316 g/mol. The maximum atomic E-state index is 11.9. The van der Waals surface area contributed by atoms with E-state index in [1.165, 1.54) is 6.07 Å². The van der Waals surface area contributed by atoms with Crippen LogP contribution in [0.1, 0.15) is 12.8 Å². The molecule has 0 atom stereocenters. The van der Waals surface area contributed by atoms with E-state index in [4.69, 9.17) is 0 Å². The minimum atomic E-state index is -1.51. The summed E-state index contributed by atoms with van der Waals surface area (Å²) in [5, 5.41) is 0. The van der Waals surface area contributed by atoms with Crippen molar-refractivity contribution in [3.63, 3.8) is 0 Å². The molecule has 0 saturated carbocycles. The molecule has 1 radical (unpaired) electrons. The smallest absolute Gasteiger partial charge is 0.281 e. The molecule has 0 amide bonds. The van der Waals surface area contributed by atoms with Crippen LogP contribution in [0.4, 0.5) is 17.6 Å². The molecule has 0 heterocycles. The van der Waals surface area contributed by atoms with Gasteiger partial charge < -0.3 is 0 Å². The van der Waals surface area contributed by atoms with E-state index < -0.39 is 23.3 Å². The Morgan fingerprint density at radius 1 is 0.762 bits per heavy atom. The van der Waals surface area contributed by atoms with E-state index >= 15 is 0 Å². The molecule has 107 valence electrons. The van der Waals surface area contributed by atoms with E-state index in [1.807, 2.05) is 24.3 Å². The standard InChI is InChI=1S/C6HF4.2C5H5.Ti/c7-3-1-4(8)6(10)2-5(3)9;2*1-2-4-5-3-1;/h1H;2*1-3H,4H2;/q3*-1;+3. The van der Waals surface area contributed by atoms with Crippen molar-refractivity contribution in [3.05, 3.63) is 84.0 Å². The Labute approximate surface area is 136 Å². The molecule has 21 heavy (non-hydrogen) atoms. The van der Waals surface area contributed by atoms with Gasteiger partial charge in [-0.25, -0.2) is 33.1 Å². The molecule has 0 nitrogen and oxygen atoms in total. The van der Waals surface area contributed by atoms with Gasteiger partial charge in [0.1, 0.15) is 0 Å². The number of hydrogen-bond donors (Lipinski definition) is 0. The average molecular weight is 327 g/mol. The van der Waals surface area contributed by atoms with Crippen LogP contribution in [0.3, 0.4) is 0 Å². The number of hydrogen-bond acceptors (Lipinski definition) is 0. The summed E-state index contributed by atoms with van der Waals surface area (Å²) < 4.78 is 47.7. The van der Waals surface area contributed by atoms with E-state index in [1.54, 1.807) is 0 Å². The Morgan fingerprint density at radius 2 is 1.19 bits per heavy atom. The Morgan fingerprint density at radius 3 is 1.38 bits per heavy atom. The second-order valence-corrected chi connectivity index (χ2v) is 3.60. The topological polar surface area (TPSA) is 0 Å². The second-order valence-electron chi connectivity index (χ2n) is 3.60. The molecule has 0 unspecified atom stereocenters. The molecule has 1 aromatic carbocycles. The molecular formula is C16H11F4Ti. The fourth-order valence-corrected chi connectivity index (χ4v) is 1.13. The third-order valence-electron chi connectivity index (χ3n) is 2.06. The Hall–Kier alpha value is -1.39. The predicted molar refractivity (Wildman–Crippen MR) is 68.3 cm³/mol. The fraction of sp³-hybridized carbons (Fsp3) is 0.125. The van der Waals surface area contributed by atoms with Gasteiger partial charge in [-0.1, -0.05) is 6.07 Å². The van der Waals surface area contributed by atoms with Crippen molar-refractivity contribution in [2.24, 2.45) is 0 Å². The Balaban J connectivity index is 0.000000307. The van der Waals surface area contributed by atoms with Crippen molar-refractivity contribution >= 4 is 0 Å². The first kappa shape index (κ1) is 19.6. The first-order valence-corrected chi connectivity index (χ1v) is 5.77. The van der Waals surface area contributed by atoms with Gasteiger partial charge in [-0.15, -0.1) is 18.9 Å². The summed E-state index contributed by atoms with van der Waals surface area (Å²) in [4.78, 5) is 0. The molecule has 5 heteroatoms. The molecule has 1 aromatic rings. The van der Waals surface area contributed by atoms with Crippen molar-refractivity contribution in [1.29, 1.82) is 0 Å². The maximum Gasteiger partial charge on any atom is 3.00 e. The molecule has 2 aliphatic rings. The van der Waals surface area contributed by atoms with Crippen molar-refractivity contribution in [2.75, 3.05) is 0 Å². The van der Waals surface area contributed by atoms with Crippen LogP contribution in [0, 0.1) is 41.5 Å². The fourth-order valence-electron chi connectivity index (χ4n) is 1.13.